The molecule has 1 saturated heterocycles. The Bertz CT molecular complexity index is 1590. The number of ether oxygens (including phenoxy) is 4. The second-order valence-corrected chi connectivity index (χ2v) is 16.8. The van der Waals surface area contributed by atoms with Crippen LogP contribution in [0, 0.1) is 0 Å². The van der Waals surface area contributed by atoms with Gasteiger partial charge in [-0.1, -0.05) is 48.5 Å². The fraction of sp³-hybridized carbons (Fsp3) is 0.585. The van der Waals surface area contributed by atoms with E-state index < -0.39 is 41.2 Å². The Labute approximate surface area is 325 Å². The second-order valence-electron chi connectivity index (χ2n) is 16.8. The highest BCUT2D eigenvalue weighted by Gasteiger charge is 2.31. The SMILES string of the molecule is CC(C)(C)OC(=O)N1CCN(C(=O)CCNC(=O)OCC2c3ccccc3-c3ccccc32)CCN(C(=O)OC(C)(C)C)CCN(C(=O)OC(C)(C)C)CC1. The maximum Gasteiger partial charge on any atom is 0.410 e. The standard InChI is InChI=1S/C41H59N5O9/c1-39(2,3)53-36(49)44-22-20-43(21-23-45(37(50)54-40(4,5)6)25-27-46(26-24-44)38(51)55-41(7,8)9)34(47)18-19-42-35(48)52-28-33-31-16-12-10-14-29(31)30-15-11-13-17-32(30)33/h10-17,33H,18-28H2,1-9H3,(H,42,48). The van der Waals surface area contributed by atoms with Crippen LogP contribution in [0.1, 0.15) is 85.8 Å². The van der Waals surface area contributed by atoms with Gasteiger partial charge in [0.2, 0.25) is 5.91 Å². The second kappa shape index (κ2) is 18.1. The predicted molar refractivity (Wildman–Crippen MR) is 208 cm³/mol. The van der Waals surface area contributed by atoms with E-state index in [1.165, 1.54) is 14.7 Å². The molecule has 1 heterocycles. The summed E-state index contributed by atoms with van der Waals surface area (Å²) in [7, 11) is 0. The number of hydrogen-bond donors (Lipinski definition) is 1. The van der Waals surface area contributed by atoms with Crippen LogP contribution in [0.25, 0.3) is 11.1 Å². The average molecular weight is 766 g/mol. The number of benzene rings is 2. The Morgan fingerprint density at radius 3 is 1.27 bits per heavy atom. The fourth-order valence-corrected chi connectivity index (χ4v) is 6.27. The summed E-state index contributed by atoms with van der Waals surface area (Å²) >= 11 is 0. The van der Waals surface area contributed by atoms with Crippen molar-refractivity contribution in [3.8, 4) is 11.1 Å². The van der Waals surface area contributed by atoms with E-state index in [0.29, 0.717) is 0 Å². The lowest BCUT2D eigenvalue weighted by Crippen LogP contribution is -2.52. The lowest BCUT2D eigenvalue weighted by Gasteiger charge is -2.36. The maximum absolute atomic E-state index is 13.7. The number of nitrogens with one attached hydrogen (secondary N) is 1. The first kappa shape index (κ1) is 42.7. The molecule has 1 aliphatic carbocycles. The first-order chi connectivity index (χ1) is 25.7. The molecule has 4 rings (SSSR count). The Morgan fingerprint density at radius 1 is 0.564 bits per heavy atom. The summed E-state index contributed by atoms with van der Waals surface area (Å²) < 4.78 is 22.6. The number of rotatable bonds is 5. The number of amides is 5. The molecule has 2 aliphatic rings. The van der Waals surface area contributed by atoms with Crippen LogP contribution in [0.15, 0.2) is 48.5 Å². The van der Waals surface area contributed by atoms with E-state index >= 15 is 0 Å². The summed E-state index contributed by atoms with van der Waals surface area (Å²) in [6.45, 7) is 16.8. The molecule has 2 aromatic rings. The molecule has 0 radical (unpaired) electrons. The van der Waals surface area contributed by atoms with Gasteiger partial charge >= 0.3 is 24.4 Å². The maximum atomic E-state index is 13.7. The highest BCUT2D eigenvalue weighted by atomic mass is 16.6. The Morgan fingerprint density at radius 2 is 0.909 bits per heavy atom. The predicted octanol–water partition coefficient (Wildman–Crippen LogP) is 6.47. The van der Waals surface area contributed by atoms with E-state index in [1.54, 1.807) is 67.2 Å². The molecule has 0 atom stereocenters. The number of fused-ring (bicyclic) bond motifs is 3. The number of alkyl carbamates (subject to hydrolysis) is 1. The molecule has 1 N–H and O–H groups in total. The van der Waals surface area contributed by atoms with Gasteiger partial charge in [-0.15, -0.1) is 0 Å². The summed E-state index contributed by atoms with van der Waals surface area (Å²) in [5, 5.41) is 2.70. The first-order valence-corrected chi connectivity index (χ1v) is 19.0. The summed E-state index contributed by atoms with van der Waals surface area (Å²) in [6.07, 6.45) is -2.44. The zero-order valence-corrected chi connectivity index (χ0v) is 33.9. The van der Waals surface area contributed by atoms with Crippen LogP contribution in [0.2, 0.25) is 0 Å². The van der Waals surface area contributed by atoms with Crippen molar-refractivity contribution in [3.63, 3.8) is 0 Å². The number of carbonyl (C=O) groups excluding carboxylic acids is 5. The van der Waals surface area contributed by atoms with Gasteiger partial charge in [-0.3, -0.25) is 4.79 Å². The molecule has 0 saturated carbocycles. The van der Waals surface area contributed by atoms with Crippen molar-refractivity contribution in [2.45, 2.75) is 91.5 Å². The molecule has 0 unspecified atom stereocenters. The molecule has 14 nitrogen and oxygen atoms in total. The topological polar surface area (TPSA) is 147 Å². The van der Waals surface area contributed by atoms with Crippen molar-refractivity contribution in [1.29, 1.82) is 0 Å². The van der Waals surface area contributed by atoms with Gasteiger partial charge in [-0.25, -0.2) is 19.2 Å². The quantitative estimate of drug-likeness (QED) is 0.339. The minimum absolute atomic E-state index is 0.0163. The van der Waals surface area contributed by atoms with Crippen LogP contribution in [-0.4, -0.2) is 132 Å². The molecule has 1 aliphatic heterocycles. The van der Waals surface area contributed by atoms with Gasteiger partial charge in [0.25, 0.3) is 0 Å². The molecule has 5 amide bonds. The monoisotopic (exact) mass is 765 g/mol. The lowest BCUT2D eigenvalue weighted by molar-refractivity contribution is -0.131. The highest BCUT2D eigenvalue weighted by molar-refractivity contribution is 5.80. The zero-order valence-electron chi connectivity index (χ0n) is 33.9. The molecule has 0 aromatic heterocycles. The first-order valence-electron chi connectivity index (χ1n) is 19.0. The van der Waals surface area contributed by atoms with Gasteiger partial charge in [0.15, 0.2) is 0 Å². The van der Waals surface area contributed by atoms with Crippen LogP contribution >= 0.6 is 0 Å². The Kier molecular flexibility index (Phi) is 14.0. The molecular formula is C41H59N5O9. The van der Waals surface area contributed by atoms with Crippen molar-refractivity contribution in [3.05, 3.63) is 59.7 Å². The van der Waals surface area contributed by atoms with Crippen LogP contribution in [-0.2, 0) is 23.7 Å². The van der Waals surface area contributed by atoms with Gasteiger partial charge in [0, 0.05) is 71.2 Å². The highest BCUT2D eigenvalue weighted by Crippen LogP contribution is 2.44. The molecule has 0 spiro atoms. The van der Waals surface area contributed by atoms with Gasteiger partial charge in [0.05, 0.1) is 0 Å². The van der Waals surface area contributed by atoms with E-state index in [2.05, 4.69) is 17.4 Å². The fourth-order valence-electron chi connectivity index (χ4n) is 6.27. The normalized spacial score (nSPS) is 15.9. The summed E-state index contributed by atoms with van der Waals surface area (Å²) in [5.41, 5.74) is 2.12. The molecule has 55 heavy (non-hydrogen) atoms. The smallest absolute Gasteiger partial charge is 0.410 e. The number of carbonyl (C=O) groups is 5. The molecule has 1 fully saturated rings. The molecule has 14 heteroatoms. The molecule has 2 aromatic carbocycles. The van der Waals surface area contributed by atoms with Crippen molar-refractivity contribution in [2.75, 3.05) is 65.5 Å². The summed E-state index contributed by atoms with van der Waals surface area (Å²) in [4.78, 5) is 72.5. The van der Waals surface area contributed by atoms with E-state index in [-0.39, 0.29) is 83.8 Å². The van der Waals surface area contributed by atoms with E-state index in [0.717, 1.165) is 22.3 Å². The third-order valence-electron chi connectivity index (χ3n) is 8.82. The van der Waals surface area contributed by atoms with Crippen LogP contribution in [0.3, 0.4) is 0 Å². The number of nitrogens with zero attached hydrogens (tertiary/aromatic N) is 4. The Balaban J connectivity index is 1.44. The molecular weight excluding hydrogens is 706 g/mol. The Hall–Kier alpha value is -5.01. The van der Waals surface area contributed by atoms with Gasteiger partial charge in [0.1, 0.15) is 23.4 Å². The van der Waals surface area contributed by atoms with E-state index in [9.17, 15) is 24.0 Å². The van der Waals surface area contributed by atoms with Gasteiger partial charge in [-0.05, 0) is 84.6 Å². The van der Waals surface area contributed by atoms with Gasteiger partial charge < -0.3 is 43.9 Å². The van der Waals surface area contributed by atoms with Crippen molar-refractivity contribution in [2.24, 2.45) is 0 Å². The van der Waals surface area contributed by atoms with E-state index in [1.807, 2.05) is 36.4 Å². The van der Waals surface area contributed by atoms with Crippen LogP contribution in [0.5, 0.6) is 0 Å². The summed E-state index contributed by atoms with van der Waals surface area (Å²) in [6, 6.07) is 16.1. The third kappa shape index (κ3) is 13.1. The van der Waals surface area contributed by atoms with Crippen LogP contribution in [0.4, 0.5) is 19.2 Å². The average Bonchev–Trinajstić information content (AvgIpc) is 3.38. The minimum atomic E-state index is -0.778. The van der Waals surface area contributed by atoms with Crippen molar-refractivity contribution >= 4 is 30.3 Å². The molecule has 302 valence electrons. The third-order valence-corrected chi connectivity index (χ3v) is 8.82. The van der Waals surface area contributed by atoms with Crippen molar-refractivity contribution < 1.29 is 42.9 Å². The van der Waals surface area contributed by atoms with Crippen LogP contribution < -0.4 is 5.32 Å². The minimum Gasteiger partial charge on any atom is -0.449 e. The van der Waals surface area contributed by atoms with Gasteiger partial charge in [-0.2, -0.15) is 0 Å². The molecule has 0 bridgehead atoms. The largest absolute Gasteiger partial charge is 0.449 e. The van der Waals surface area contributed by atoms with E-state index in [4.69, 9.17) is 18.9 Å². The number of hydrogen-bond acceptors (Lipinski definition) is 9. The lowest BCUT2D eigenvalue weighted by atomic mass is 9.98. The van der Waals surface area contributed by atoms with Crippen molar-refractivity contribution in [1.82, 2.24) is 24.9 Å². The zero-order chi connectivity index (χ0) is 40.6. The summed E-state index contributed by atoms with van der Waals surface area (Å²) in [5.74, 6) is -0.390.